The molecule has 1 saturated heterocycles. The molecule has 1 aromatic carbocycles. The third kappa shape index (κ3) is 2.54. The molecule has 0 bridgehead atoms. The lowest BCUT2D eigenvalue weighted by Gasteiger charge is -2.19. The Bertz CT molecular complexity index is 780. The summed E-state index contributed by atoms with van der Waals surface area (Å²) in [6, 6.07) is 5.56. The lowest BCUT2D eigenvalue weighted by Crippen LogP contribution is -2.39. The van der Waals surface area contributed by atoms with Crippen LogP contribution >= 0.6 is 0 Å². The van der Waals surface area contributed by atoms with Crippen LogP contribution in [0.3, 0.4) is 0 Å². The average molecular weight is 282 g/mol. The zero-order chi connectivity index (χ0) is 14.8. The highest BCUT2D eigenvalue weighted by atomic mass is 16.3. The number of furan rings is 1. The van der Waals surface area contributed by atoms with Crippen molar-refractivity contribution in [2.45, 2.75) is 18.8 Å². The number of nitrogens with two attached hydrogens (primary N) is 1. The first kappa shape index (κ1) is 13.4. The summed E-state index contributed by atoms with van der Waals surface area (Å²) < 4.78 is 5.50. The van der Waals surface area contributed by atoms with E-state index < -0.39 is 0 Å². The van der Waals surface area contributed by atoms with Crippen LogP contribution in [0.5, 0.6) is 0 Å². The fourth-order valence-electron chi connectivity index (χ4n) is 2.54. The number of amides is 2. The SMILES string of the molecule is NCC#Cc1ccc2occ(C3CCC(=O)NC3=O)c2c1. The van der Waals surface area contributed by atoms with E-state index >= 15 is 0 Å². The Morgan fingerprint density at radius 1 is 1.38 bits per heavy atom. The predicted molar refractivity (Wildman–Crippen MR) is 77.3 cm³/mol. The summed E-state index contributed by atoms with van der Waals surface area (Å²) in [4.78, 5) is 23.2. The van der Waals surface area contributed by atoms with Crippen LogP contribution in [-0.2, 0) is 9.59 Å². The number of piperidine rings is 1. The smallest absolute Gasteiger partial charge is 0.234 e. The topological polar surface area (TPSA) is 85.3 Å². The van der Waals surface area contributed by atoms with Gasteiger partial charge in [0.15, 0.2) is 0 Å². The van der Waals surface area contributed by atoms with Gasteiger partial charge in [0.2, 0.25) is 11.8 Å². The molecule has 1 atom stereocenters. The molecule has 1 aliphatic heterocycles. The Morgan fingerprint density at radius 3 is 3.00 bits per heavy atom. The first-order valence-electron chi connectivity index (χ1n) is 6.73. The Hall–Kier alpha value is -2.58. The van der Waals surface area contributed by atoms with E-state index in [1.165, 1.54) is 0 Å². The summed E-state index contributed by atoms with van der Waals surface area (Å²) in [6.07, 6.45) is 2.43. The van der Waals surface area contributed by atoms with E-state index in [-0.39, 0.29) is 17.7 Å². The van der Waals surface area contributed by atoms with Crippen molar-refractivity contribution in [3.8, 4) is 11.8 Å². The van der Waals surface area contributed by atoms with Crippen molar-refractivity contribution in [2.75, 3.05) is 6.54 Å². The van der Waals surface area contributed by atoms with Crippen molar-refractivity contribution < 1.29 is 14.0 Å². The number of carbonyl (C=O) groups excluding carboxylic acids is 2. The molecule has 1 fully saturated rings. The molecule has 5 nitrogen and oxygen atoms in total. The van der Waals surface area contributed by atoms with Crippen molar-refractivity contribution in [3.05, 3.63) is 35.6 Å². The van der Waals surface area contributed by atoms with Gasteiger partial charge in [-0.15, -0.1) is 0 Å². The van der Waals surface area contributed by atoms with Gasteiger partial charge in [-0.1, -0.05) is 11.8 Å². The van der Waals surface area contributed by atoms with Crippen LogP contribution in [0, 0.1) is 11.8 Å². The number of carbonyl (C=O) groups is 2. The Balaban J connectivity index is 2.02. The minimum atomic E-state index is -0.360. The highest BCUT2D eigenvalue weighted by Crippen LogP contribution is 2.32. The Labute approximate surface area is 121 Å². The molecule has 2 heterocycles. The molecule has 3 rings (SSSR count). The standard InChI is InChI=1S/C16H14N2O3/c17-7-1-2-10-3-5-14-12(8-10)13(9-21-14)11-4-6-15(19)18-16(11)20/h3,5,8-9,11H,4,6-7,17H2,(H,18,19,20). The summed E-state index contributed by atoms with van der Waals surface area (Å²) in [5, 5.41) is 3.22. The number of hydrogen-bond donors (Lipinski definition) is 2. The molecule has 2 aromatic rings. The van der Waals surface area contributed by atoms with Crippen molar-refractivity contribution >= 4 is 22.8 Å². The van der Waals surface area contributed by atoms with Gasteiger partial charge in [0.1, 0.15) is 5.58 Å². The third-order valence-corrected chi connectivity index (χ3v) is 3.55. The van der Waals surface area contributed by atoms with E-state index in [1.807, 2.05) is 18.2 Å². The molecule has 5 heteroatoms. The van der Waals surface area contributed by atoms with Gasteiger partial charge in [-0.2, -0.15) is 0 Å². The monoisotopic (exact) mass is 282 g/mol. The zero-order valence-corrected chi connectivity index (χ0v) is 11.3. The maximum atomic E-state index is 12.0. The largest absolute Gasteiger partial charge is 0.464 e. The summed E-state index contributed by atoms with van der Waals surface area (Å²) in [5.41, 5.74) is 7.69. The molecular weight excluding hydrogens is 268 g/mol. The van der Waals surface area contributed by atoms with E-state index in [0.717, 1.165) is 16.5 Å². The Morgan fingerprint density at radius 2 is 2.24 bits per heavy atom. The highest BCUT2D eigenvalue weighted by molar-refractivity contribution is 6.02. The second-order valence-electron chi connectivity index (χ2n) is 4.91. The van der Waals surface area contributed by atoms with Gasteiger partial charge in [-0.25, -0.2) is 0 Å². The number of fused-ring (bicyclic) bond motifs is 1. The fraction of sp³-hybridized carbons (Fsp3) is 0.250. The minimum absolute atomic E-state index is 0.224. The highest BCUT2D eigenvalue weighted by Gasteiger charge is 2.30. The van der Waals surface area contributed by atoms with E-state index in [2.05, 4.69) is 17.2 Å². The summed E-state index contributed by atoms with van der Waals surface area (Å²) >= 11 is 0. The van der Waals surface area contributed by atoms with Gasteiger partial charge in [0.25, 0.3) is 0 Å². The van der Waals surface area contributed by atoms with Crippen molar-refractivity contribution in [1.29, 1.82) is 0 Å². The molecule has 2 amide bonds. The van der Waals surface area contributed by atoms with Crippen molar-refractivity contribution in [2.24, 2.45) is 5.73 Å². The summed E-state index contributed by atoms with van der Waals surface area (Å²) in [7, 11) is 0. The van der Waals surface area contributed by atoms with Crippen LogP contribution in [0.1, 0.15) is 29.9 Å². The second kappa shape index (κ2) is 5.43. The molecule has 0 saturated carbocycles. The summed E-state index contributed by atoms with van der Waals surface area (Å²) in [5.74, 6) is 4.91. The van der Waals surface area contributed by atoms with Crippen LogP contribution in [0.15, 0.2) is 28.9 Å². The molecule has 1 aromatic heterocycles. The molecule has 0 aliphatic carbocycles. The normalized spacial score (nSPS) is 18.2. The van der Waals surface area contributed by atoms with Crippen LogP contribution in [0.25, 0.3) is 11.0 Å². The van der Waals surface area contributed by atoms with Crippen LogP contribution in [0.2, 0.25) is 0 Å². The minimum Gasteiger partial charge on any atom is -0.464 e. The first-order valence-corrected chi connectivity index (χ1v) is 6.73. The zero-order valence-electron chi connectivity index (χ0n) is 11.3. The number of imide groups is 1. The van der Waals surface area contributed by atoms with Gasteiger partial charge < -0.3 is 10.2 Å². The van der Waals surface area contributed by atoms with E-state index in [4.69, 9.17) is 10.2 Å². The molecule has 3 N–H and O–H groups in total. The van der Waals surface area contributed by atoms with E-state index in [0.29, 0.717) is 25.0 Å². The van der Waals surface area contributed by atoms with Gasteiger partial charge in [0.05, 0.1) is 18.7 Å². The number of hydrogen-bond acceptors (Lipinski definition) is 4. The molecule has 1 aliphatic rings. The van der Waals surface area contributed by atoms with Gasteiger partial charge in [0, 0.05) is 22.9 Å². The van der Waals surface area contributed by atoms with Crippen LogP contribution in [0.4, 0.5) is 0 Å². The quantitative estimate of drug-likeness (QED) is 0.609. The average Bonchev–Trinajstić information content (AvgIpc) is 2.88. The lowest BCUT2D eigenvalue weighted by atomic mass is 9.90. The third-order valence-electron chi connectivity index (χ3n) is 3.55. The maximum absolute atomic E-state index is 12.0. The van der Waals surface area contributed by atoms with Crippen LogP contribution in [-0.4, -0.2) is 18.4 Å². The predicted octanol–water partition coefficient (Wildman–Crippen LogP) is 1.26. The molecular formula is C16H14N2O3. The molecule has 0 radical (unpaired) electrons. The molecule has 0 spiro atoms. The Kier molecular flexibility index (Phi) is 3.46. The maximum Gasteiger partial charge on any atom is 0.234 e. The van der Waals surface area contributed by atoms with Crippen LogP contribution < -0.4 is 11.1 Å². The van der Waals surface area contributed by atoms with E-state index in [1.54, 1.807) is 6.26 Å². The molecule has 106 valence electrons. The summed E-state index contributed by atoms with van der Waals surface area (Å²) in [6.45, 7) is 0.295. The second-order valence-corrected chi connectivity index (χ2v) is 4.91. The fourth-order valence-corrected chi connectivity index (χ4v) is 2.54. The van der Waals surface area contributed by atoms with Crippen molar-refractivity contribution in [3.63, 3.8) is 0 Å². The first-order chi connectivity index (χ1) is 10.2. The number of rotatable bonds is 1. The van der Waals surface area contributed by atoms with Gasteiger partial charge >= 0.3 is 0 Å². The van der Waals surface area contributed by atoms with Crippen molar-refractivity contribution in [1.82, 2.24) is 5.32 Å². The molecule has 21 heavy (non-hydrogen) atoms. The van der Waals surface area contributed by atoms with Gasteiger partial charge in [-0.3, -0.25) is 14.9 Å². The number of nitrogens with one attached hydrogen (secondary N) is 1. The number of benzene rings is 1. The van der Waals surface area contributed by atoms with Gasteiger partial charge in [-0.05, 0) is 24.6 Å². The van der Waals surface area contributed by atoms with E-state index in [9.17, 15) is 9.59 Å². The lowest BCUT2D eigenvalue weighted by molar-refractivity contribution is -0.134. The molecule has 1 unspecified atom stereocenters.